The van der Waals surface area contributed by atoms with E-state index in [1.165, 1.54) is 0 Å². The van der Waals surface area contributed by atoms with E-state index in [0.29, 0.717) is 28.4 Å². The normalized spacial score (nSPS) is 10.2. The van der Waals surface area contributed by atoms with Gasteiger partial charge in [-0.3, -0.25) is 9.59 Å². The number of amides is 2. The van der Waals surface area contributed by atoms with E-state index in [-0.39, 0.29) is 11.8 Å². The molecule has 0 radical (unpaired) electrons. The molecule has 0 aliphatic heterocycles. The summed E-state index contributed by atoms with van der Waals surface area (Å²) in [6.45, 7) is 2.58. The lowest BCUT2D eigenvalue weighted by atomic mass is 10.1. The summed E-state index contributed by atoms with van der Waals surface area (Å²) in [6, 6.07) is 12.0. The van der Waals surface area contributed by atoms with E-state index in [1.54, 1.807) is 42.5 Å². The van der Waals surface area contributed by atoms with Gasteiger partial charge in [0, 0.05) is 15.7 Å². The van der Waals surface area contributed by atoms with E-state index < -0.39 is 0 Å². The number of para-hydroxylation sites is 1. The number of halogens is 2. The van der Waals surface area contributed by atoms with Crippen LogP contribution in [0.4, 0.5) is 5.69 Å². The Morgan fingerprint density at radius 2 is 1.87 bits per heavy atom. The van der Waals surface area contributed by atoms with Crippen molar-refractivity contribution in [3.63, 3.8) is 0 Å². The van der Waals surface area contributed by atoms with Gasteiger partial charge in [-0.25, -0.2) is 0 Å². The Hall–Kier alpha value is -1.60. The quantitative estimate of drug-likeness (QED) is 0.677. The number of benzene rings is 2. The maximum Gasteiger partial charge on any atom is 0.255 e. The highest BCUT2D eigenvalue weighted by atomic mass is 127. The van der Waals surface area contributed by atoms with Crippen molar-refractivity contribution < 1.29 is 9.59 Å². The minimum absolute atomic E-state index is 0.201. The zero-order valence-corrected chi connectivity index (χ0v) is 15.4. The van der Waals surface area contributed by atoms with Crippen LogP contribution in [-0.4, -0.2) is 18.4 Å². The Bertz CT molecular complexity index is 734. The highest BCUT2D eigenvalue weighted by molar-refractivity contribution is 14.1. The summed E-state index contributed by atoms with van der Waals surface area (Å²) in [5.41, 5.74) is 1.41. The third kappa shape index (κ3) is 4.68. The smallest absolute Gasteiger partial charge is 0.255 e. The highest BCUT2D eigenvalue weighted by Crippen LogP contribution is 2.21. The molecule has 2 aromatic carbocycles. The molecule has 120 valence electrons. The van der Waals surface area contributed by atoms with Crippen molar-refractivity contribution >= 4 is 51.7 Å². The molecule has 2 N–H and O–H groups in total. The average Bonchev–Trinajstić information content (AvgIpc) is 2.55. The Kier molecular flexibility index (Phi) is 6.41. The summed E-state index contributed by atoms with van der Waals surface area (Å²) in [4.78, 5) is 24.5. The minimum Gasteiger partial charge on any atom is -0.352 e. The van der Waals surface area contributed by atoms with Crippen LogP contribution >= 0.6 is 34.2 Å². The molecular weight excluding hydrogens is 427 g/mol. The lowest BCUT2D eigenvalue weighted by Crippen LogP contribution is -2.25. The molecule has 0 heterocycles. The molecular formula is C17H16ClIN2O2. The van der Waals surface area contributed by atoms with Gasteiger partial charge in [-0.15, -0.1) is 0 Å². The molecule has 0 saturated carbocycles. The first-order valence-corrected chi connectivity index (χ1v) is 8.62. The largest absolute Gasteiger partial charge is 0.352 e. The molecule has 0 spiro atoms. The van der Waals surface area contributed by atoms with Crippen LogP contribution in [0.1, 0.15) is 34.1 Å². The summed E-state index contributed by atoms with van der Waals surface area (Å²) < 4.78 is 0.797. The molecule has 2 amide bonds. The zero-order valence-electron chi connectivity index (χ0n) is 12.5. The summed E-state index contributed by atoms with van der Waals surface area (Å²) in [6.07, 6.45) is 0.851. The van der Waals surface area contributed by atoms with Gasteiger partial charge in [0.2, 0.25) is 0 Å². The maximum atomic E-state index is 12.4. The third-order valence-corrected chi connectivity index (χ3v) is 4.68. The van der Waals surface area contributed by atoms with Crippen molar-refractivity contribution in [1.82, 2.24) is 5.32 Å². The fraction of sp³-hybridized carbons (Fsp3) is 0.176. The van der Waals surface area contributed by atoms with Crippen LogP contribution in [0.3, 0.4) is 0 Å². The molecule has 0 unspecified atom stereocenters. The molecule has 0 bridgehead atoms. The monoisotopic (exact) mass is 442 g/mol. The van der Waals surface area contributed by atoms with Crippen molar-refractivity contribution in [2.45, 2.75) is 13.3 Å². The van der Waals surface area contributed by atoms with Gasteiger partial charge in [0.05, 0.1) is 16.3 Å². The van der Waals surface area contributed by atoms with E-state index in [2.05, 4.69) is 33.2 Å². The van der Waals surface area contributed by atoms with Crippen LogP contribution < -0.4 is 10.6 Å². The number of carbonyl (C=O) groups is 2. The summed E-state index contributed by atoms with van der Waals surface area (Å²) in [5.74, 6) is -0.483. The van der Waals surface area contributed by atoms with Gasteiger partial charge in [-0.2, -0.15) is 0 Å². The van der Waals surface area contributed by atoms with Gasteiger partial charge >= 0.3 is 0 Å². The predicted octanol–water partition coefficient (Wildman–Crippen LogP) is 4.34. The summed E-state index contributed by atoms with van der Waals surface area (Å²) >= 11 is 8.04. The van der Waals surface area contributed by atoms with Crippen LogP contribution in [0.25, 0.3) is 0 Å². The Morgan fingerprint density at radius 1 is 1.13 bits per heavy atom. The van der Waals surface area contributed by atoms with Crippen molar-refractivity contribution in [3.8, 4) is 0 Å². The Labute approximate surface area is 153 Å². The first kappa shape index (κ1) is 17.7. The van der Waals surface area contributed by atoms with Gasteiger partial charge in [0.25, 0.3) is 11.8 Å². The number of nitrogens with one attached hydrogen (secondary N) is 2. The van der Waals surface area contributed by atoms with E-state index in [9.17, 15) is 9.59 Å². The molecule has 4 nitrogen and oxygen atoms in total. The molecule has 23 heavy (non-hydrogen) atoms. The number of anilines is 1. The number of hydrogen-bond donors (Lipinski definition) is 2. The third-order valence-electron chi connectivity index (χ3n) is 3.14. The first-order valence-electron chi connectivity index (χ1n) is 7.16. The van der Waals surface area contributed by atoms with E-state index in [0.717, 1.165) is 9.99 Å². The average molecular weight is 443 g/mol. The van der Waals surface area contributed by atoms with Crippen molar-refractivity contribution in [1.29, 1.82) is 0 Å². The number of hydrogen-bond acceptors (Lipinski definition) is 2. The topological polar surface area (TPSA) is 58.2 Å². The molecule has 0 saturated heterocycles. The standard InChI is InChI=1S/C17H16ClIN2O2/c1-2-9-20-17(23)12-5-3-4-6-15(12)21-16(22)11-7-8-13(18)14(19)10-11/h3-8,10H,2,9H2,1H3,(H,20,23)(H,21,22). The lowest BCUT2D eigenvalue weighted by molar-refractivity contribution is 0.0954. The number of carbonyl (C=O) groups excluding carboxylic acids is 2. The van der Waals surface area contributed by atoms with Gasteiger partial charge < -0.3 is 10.6 Å². The molecule has 6 heteroatoms. The van der Waals surface area contributed by atoms with Crippen LogP contribution in [0, 0.1) is 3.57 Å². The lowest BCUT2D eigenvalue weighted by Gasteiger charge is -2.11. The second-order valence-corrected chi connectivity index (χ2v) is 6.45. The van der Waals surface area contributed by atoms with Crippen LogP contribution in [0.5, 0.6) is 0 Å². The zero-order chi connectivity index (χ0) is 16.8. The van der Waals surface area contributed by atoms with Gasteiger partial charge in [-0.05, 0) is 59.3 Å². The second-order valence-electron chi connectivity index (χ2n) is 4.88. The van der Waals surface area contributed by atoms with Gasteiger partial charge in [0.1, 0.15) is 0 Å². The number of rotatable bonds is 5. The first-order chi connectivity index (χ1) is 11.0. The van der Waals surface area contributed by atoms with E-state index >= 15 is 0 Å². The molecule has 0 aliphatic rings. The molecule has 0 aromatic heterocycles. The fourth-order valence-corrected chi connectivity index (χ4v) is 2.59. The van der Waals surface area contributed by atoms with Gasteiger partial charge in [-0.1, -0.05) is 30.7 Å². The van der Waals surface area contributed by atoms with Crippen molar-refractivity contribution in [2.75, 3.05) is 11.9 Å². The molecule has 2 rings (SSSR count). The Morgan fingerprint density at radius 3 is 2.57 bits per heavy atom. The summed E-state index contributed by atoms with van der Waals surface area (Å²) in [7, 11) is 0. The van der Waals surface area contributed by atoms with Crippen LogP contribution in [0.2, 0.25) is 5.02 Å². The molecule has 0 fully saturated rings. The fourth-order valence-electron chi connectivity index (χ4n) is 1.96. The van der Waals surface area contributed by atoms with Crippen molar-refractivity contribution in [2.24, 2.45) is 0 Å². The summed E-state index contributed by atoms with van der Waals surface area (Å²) in [5, 5.41) is 6.19. The predicted molar refractivity (Wildman–Crippen MR) is 101 cm³/mol. The van der Waals surface area contributed by atoms with Crippen LogP contribution in [-0.2, 0) is 0 Å². The van der Waals surface area contributed by atoms with Crippen LogP contribution in [0.15, 0.2) is 42.5 Å². The highest BCUT2D eigenvalue weighted by Gasteiger charge is 2.14. The second kappa shape index (κ2) is 8.31. The SMILES string of the molecule is CCCNC(=O)c1ccccc1NC(=O)c1ccc(Cl)c(I)c1. The van der Waals surface area contributed by atoms with E-state index in [4.69, 9.17) is 11.6 Å². The minimum atomic E-state index is -0.282. The van der Waals surface area contributed by atoms with Gasteiger partial charge in [0.15, 0.2) is 0 Å². The Balaban J connectivity index is 2.20. The maximum absolute atomic E-state index is 12.4. The van der Waals surface area contributed by atoms with Crippen molar-refractivity contribution in [3.05, 3.63) is 62.2 Å². The molecule has 2 aromatic rings. The molecule has 0 aliphatic carbocycles. The van der Waals surface area contributed by atoms with E-state index in [1.807, 2.05) is 6.92 Å². The molecule has 0 atom stereocenters.